The smallest absolute Gasteiger partial charge is 0.156 e. The second kappa shape index (κ2) is 6.60. The zero-order chi connectivity index (χ0) is 15.4. The molecule has 0 aliphatic carbocycles. The fraction of sp³-hybridized carbons (Fsp3) is 0.286. The summed E-state index contributed by atoms with van der Waals surface area (Å²) < 4.78 is 0. The van der Waals surface area contributed by atoms with Gasteiger partial charge in [-0.25, -0.2) is 0 Å². The minimum absolute atomic E-state index is 0.125. The molecule has 0 unspecified atom stereocenters. The molecule has 4 nitrogen and oxygen atoms in total. The van der Waals surface area contributed by atoms with Crippen LogP contribution in [0.15, 0.2) is 30.8 Å². The third-order valence-electron chi connectivity index (χ3n) is 2.76. The summed E-state index contributed by atoms with van der Waals surface area (Å²) in [7, 11) is 0. The molecule has 102 valence electrons. The number of carbonyl (C=O) groups is 2. The van der Waals surface area contributed by atoms with Crippen molar-refractivity contribution >= 4 is 35.1 Å². The van der Waals surface area contributed by atoms with Crippen molar-refractivity contribution in [2.24, 2.45) is 0 Å². The van der Waals surface area contributed by atoms with Crippen LogP contribution in [-0.4, -0.2) is 11.6 Å². The molecule has 0 aromatic carbocycles. The highest BCUT2D eigenvalue weighted by Gasteiger charge is 2.27. The number of thioether (sulfide) groups is 2. The number of hydrogen-bond donors (Lipinski definition) is 0. The number of rotatable bonds is 2. The Hall–Kier alpha value is -1.76. The van der Waals surface area contributed by atoms with Crippen molar-refractivity contribution in [2.45, 2.75) is 27.7 Å². The van der Waals surface area contributed by atoms with Gasteiger partial charge in [0, 0.05) is 21.0 Å². The summed E-state index contributed by atoms with van der Waals surface area (Å²) in [5.74, 6) is -0.251. The fourth-order valence-corrected chi connectivity index (χ4v) is 3.71. The van der Waals surface area contributed by atoms with Crippen molar-refractivity contribution in [3.63, 3.8) is 0 Å². The average Bonchev–Trinajstić information content (AvgIpc) is 2.43. The molecule has 1 heterocycles. The predicted molar refractivity (Wildman–Crippen MR) is 80.2 cm³/mol. The largest absolute Gasteiger partial charge is 0.295 e. The van der Waals surface area contributed by atoms with E-state index in [0.717, 1.165) is 23.5 Å². The van der Waals surface area contributed by atoms with Gasteiger partial charge in [-0.05, 0) is 27.7 Å². The third-order valence-corrected chi connectivity index (χ3v) is 5.45. The van der Waals surface area contributed by atoms with Gasteiger partial charge in [-0.1, -0.05) is 23.5 Å². The molecule has 0 saturated heterocycles. The van der Waals surface area contributed by atoms with Crippen LogP contribution in [0.5, 0.6) is 0 Å². The molecule has 1 aliphatic heterocycles. The van der Waals surface area contributed by atoms with E-state index in [1.54, 1.807) is 13.8 Å². The summed E-state index contributed by atoms with van der Waals surface area (Å²) in [5, 5.41) is 18.2. The summed E-state index contributed by atoms with van der Waals surface area (Å²) in [6.45, 7) is 6.18. The van der Waals surface area contributed by atoms with Crippen molar-refractivity contribution in [1.29, 1.82) is 10.5 Å². The minimum atomic E-state index is -0.125. The standard InChI is InChI=1S/C14H12N2O2S2/c1-7(9(3)17)13-14(8(2)10(4)18)20-12(6-16)11(5-15)19-13/h1-4H3. The van der Waals surface area contributed by atoms with Gasteiger partial charge in [-0.2, -0.15) is 10.5 Å². The summed E-state index contributed by atoms with van der Waals surface area (Å²) in [4.78, 5) is 24.8. The zero-order valence-electron chi connectivity index (χ0n) is 11.5. The van der Waals surface area contributed by atoms with E-state index >= 15 is 0 Å². The van der Waals surface area contributed by atoms with Gasteiger partial charge >= 0.3 is 0 Å². The number of Topliss-reactive ketones (excluding diaryl/α,β-unsaturated/α-hetero) is 2. The highest BCUT2D eigenvalue weighted by atomic mass is 32.2. The maximum atomic E-state index is 11.6. The monoisotopic (exact) mass is 304 g/mol. The quantitative estimate of drug-likeness (QED) is 0.727. The molecule has 1 aliphatic rings. The summed E-state index contributed by atoms with van der Waals surface area (Å²) >= 11 is 2.16. The Morgan fingerprint density at radius 2 is 1.10 bits per heavy atom. The van der Waals surface area contributed by atoms with Crippen LogP contribution in [0.25, 0.3) is 0 Å². The van der Waals surface area contributed by atoms with E-state index in [2.05, 4.69) is 0 Å². The van der Waals surface area contributed by atoms with Crippen LogP contribution in [0.3, 0.4) is 0 Å². The molecule has 0 spiro atoms. The van der Waals surface area contributed by atoms with Gasteiger partial charge in [0.2, 0.25) is 0 Å². The molecule has 0 aromatic rings. The van der Waals surface area contributed by atoms with Gasteiger partial charge < -0.3 is 0 Å². The molecule has 0 saturated carbocycles. The Kier molecular flexibility index (Phi) is 5.38. The van der Waals surface area contributed by atoms with E-state index in [1.165, 1.54) is 13.8 Å². The second-order valence-electron chi connectivity index (χ2n) is 4.11. The summed E-state index contributed by atoms with van der Waals surface area (Å²) in [6.07, 6.45) is 0. The Morgan fingerprint density at radius 1 is 0.800 bits per heavy atom. The van der Waals surface area contributed by atoms with Gasteiger partial charge in [0.15, 0.2) is 11.6 Å². The van der Waals surface area contributed by atoms with Crippen molar-refractivity contribution in [1.82, 2.24) is 0 Å². The molecule has 0 N–H and O–H groups in total. The normalized spacial score (nSPS) is 19.9. The maximum absolute atomic E-state index is 11.6. The van der Waals surface area contributed by atoms with Crippen LogP contribution in [0.4, 0.5) is 0 Å². The van der Waals surface area contributed by atoms with E-state index in [-0.39, 0.29) is 21.4 Å². The molecule has 0 amide bonds. The van der Waals surface area contributed by atoms with E-state index in [1.807, 2.05) is 12.1 Å². The lowest BCUT2D eigenvalue weighted by atomic mass is 10.1. The van der Waals surface area contributed by atoms with Gasteiger partial charge in [-0.3, -0.25) is 9.59 Å². The van der Waals surface area contributed by atoms with Gasteiger partial charge in [0.05, 0.1) is 0 Å². The topological polar surface area (TPSA) is 81.7 Å². The highest BCUT2D eigenvalue weighted by Crippen LogP contribution is 2.50. The highest BCUT2D eigenvalue weighted by molar-refractivity contribution is 8.15. The van der Waals surface area contributed by atoms with Gasteiger partial charge in [-0.15, -0.1) is 0 Å². The van der Waals surface area contributed by atoms with Crippen LogP contribution < -0.4 is 0 Å². The second-order valence-corrected chi connectivity index (χ2v) is 6.15. The number of ketones is 2. The lowest BCUT2D eigenvalue weighted by Crippen LogP contribution is -2.05. The molecular weight excluding hydrogens is 292 g/mol. The number of carbonyl (C=O) groups excluding carboxylic acids is 2. The first kappa shape index (κ1) is 16.3. The van der Waals surface area contributed by atoms with Crippen LogP contribution in [0.2, 0.25) is 0 Å². The van der Waals surface area contributed by atoms with Crippen LogP contribution >= 0.6 is 23.5 Å². The lowest BCUT2D eigenvalue weighted by molar-refractivity contribution is -0.114. The average molecular weight is 304 g/mol. The number of nitriles is 2. The molecule has 1 rings (SSSR count). The molecule has 0 fully saturated rings. The van der Waals surface area contributed by atoms with Crippen LogP contribution in [0, 0.1) is 22.7 Å². The Labute approximate surface area is 126 Å². The first-order valence-electron chi connectivity index (χ1n) is 5.67. The zero-order valence-corrected chi connectivity index (χ0v) is 13.2. The van der Waals surface area contributed by atoms with E-state index in [4.69, 9.17) is 10.5 Å². The van der Waals surface area contributed by atoms with Gasteiger partial charge in [0.25, 0.3) is 0 Å². The molecule has 0 atom stereocenters. The van der Waals surface area contributed by atoms with E-state index in [9.17, 15) is 9.59 Å². The molecule has 6 heteroatoms. The minimum Gasteiger partial charge on any atom is -0.295 e. The number of allylic oxidation sites excluding steroid dienone is 4. The third kappa shape index (κ3) is 3.22. The Balaban J connectivity index is 3.62. The van der Waals surface area contributed by atoms with Crippen LogP contribution in [-0.2, 0) is 9.59 Å². The Morgan fingerprint density at radius 3 is 1.30 bits per heavy atom. The lowest BCUT2D eigenvalue weighted by Gasteiger charge is -2.20. The maximum Gasteiger partial charge on any atom is 0.156 e. The number of hydrogen-bond acceptors (Lipinski definition) is 6. The Bertz CT molecular complexity index is 612. The predicted octanol–water partition coefficient (Wildman–Crippen LogP) is 3.45. The summed E-state index contributed by atoms with van der Waals surface area (Å²) in [6, 6.07) is 3.93. The fourth-order valence-electron chi connectivity index (χ4n) is 1.35. The molecule has 0 aromatic heterocycles. The van der Waals surface area contributed by atoms with Gasteiger partial charge in [0.1, 0.15) is 21.9 Å². The molecule has 0 bridgehead atoms. The molecular formula is C14H12N2O2S2. The SMILES string of the molecule is CC(=O)C(C)=C1SC(C#N)=C(C#N)SC1=C(C)C(C)=O. The van der Waals surface area contributed by atoms with Crippen molar-refractivity contribution in [3.05, 3.63) is 30.8 Å². The van der Waals surface area contributed by atoms with Crippen LogP contribution in [0.1, 0.15) is 27.7 Å². The number of nitrogens with zero attached hydrogens (tertiary/aromatic N) is 2. The first-order chi connectivity index (χ1) is 9.33. The summed E-state index contributed by atoms with van der Waals surface area (Å²) in [5.41, 5.74) is 0.977. The van der Waals surface area contributed by atoms with Crippen molar-refractivity contribution in [3.8, 4) is 12.1 Å². The van der Waals surface area contributed by atoms with E-state index in [0.29, 0.717) is 21.0 Å². The van der Waals surface area contributed by atoms with E-state index < -0.39 is 0 Å². The first-order valence-corrected chi connectivity index (χ1v) is 7.30. The molecule has 20 heavy (non-hydrogen) atoms. The van der Waals surface area contributed by atoms with Crippen molar-refractivity contribution in [2.75, 3.05) is 0 Å². The molecule has 0 radical (unpaired) electrons. The van der Waals surface area contributed by atoms with Crippen molar-refractivity contribution < 1.29 is 9.59 Å².